The Kier molecular flexibility index (Phi) is 5.80. The predicted molar refractivity (Wildman–Crippen MR) is 90.8 cm³/mol. The minimum absolute atomic E-state index is 0.0794. The van der Waals surface area contributed by atoms with Gasteiger partial charge in [-0.25, -0.2) is 14.5 Å². The SMILES string of the molecule is O=C(O)COc1c(Br)cc(/C=C2/NC(=O)N(CC(=O)O)C2=O)cc1Br. The molecule has 1 fully saturated rings. The van der Waals surface area contributed by atoms with Crippen molar-refractivity contribution in [3.05, 3.63) is 32.3 Å². The number of rotatable bonds is 6. The zero-order chi connectivity index (χ0) is 18.7. The van der Waals surface area contributed by atoms with E-state index in [-0.39, 0.29) is 11.4 Å². The molecule has 0 spiro atoms. The largest absolute Gasteiger partial charge is 0.480 e. The van der Waals surface area contributed by atoms with Gasteiger partial charge in [0.25, 0.3) is 5.91 Å². The van der Waals surface area contributed by atoms with Crippen molar-refractivity contribution in [1.29, 1.82) is 0 Å². The van der Waals surface area contributed by atoms with E-state index in [9.17, 15) is 19.2 Å². The molecule has 25 heavy (non-hydrogen) atoms. The van der Waals surface area contributed by atoms with Gasteiger partial charge in [-0.3, -0.25) is 9.59 Å². The van der Waals surface area contributed by atoms with Crippen LogP contribution >= 0.6 is 31.9 Å². The first kappa shape index (κ1) is 18.9. The Morgan fingerprint density at radius 2 is 1.76 bits per heavy atom. The molecule has 0 unspecified atom stereocenters. The van der Waals surface area contributed by atoms with Gasteiger partial charge in [0.2, 0.25) is 0 Å². The quantitative estimate of drug-likeness (QED) is 0.419. The van der Waals surface area contributed by atoms with Crippen LogP contribution in [0.1, 0.15) is 5.56 Å². The van der Waals surface area contributed by atoms with Crippen molar-refractivity contribution in [2.75, 3.05) is 13.2 Å². The molecular formula is C14H10Br2N2O7. The number of carbonyl (C=O) groups excluding carboxylic acids is 2. The molecule has 0 saturated carbocycles. The number of imide groups is 1. The van der Waals surface area contributed by atoms with E-state index in [1.807, 2.05) is 0 Å². The second-order valence-corrected chi connectivity index (χ2v) is 6.48. The van der Waals surface area contributed by atoms with Gasteiger partial charge in [-0.05, 0) is 55.6 Å². The number of ether oxygens (including phenoxy) is 1. The fourth-order valence-corrected chi connectivity index (χ4v) is 3.40. The van der Waals surface area contributed by atoms with Crippen LogP contribution in [0, 0.1) is 0 Å². The summed E-state index contributed by atoms with van der Waals surface area (Å²) in [5.74, 6) is -2.94. The second kappa shape index (κ2) is 7.66. The first-order valence-corrected chi connectivity index (χ1v) is 8.17. The molecule has 2 rings (SSSR count). The maximum absolute atomic E-state index is 12.1. The summed E-state index contributed by atoms with van der Waals surface area (Å²) in [4.78, 5) is 45.6. The van der Waals surface area contributed by atoms with Crippen molar-refractivity contribution in [3.63, 3.8) is 0 Å². The number of halogens is 2. The van der Waals surface area contributed by atoms with E-state index in [0.29, 0.717) is 19.4 Å². The van der Waals surface area contributed by atoms with E-state index in [0.717, 1.165) is 0 Å². The number of urea groups is 1. The van der Waals surface area contributed by atoms with Crippen LogP contribution in [-0.2, 0) is 14.4 Å². The number of carbonyl (C=O) groups is 4. The molecule has 0 atom stereocenters. The summed E-state index contributed by atoms with van der Waals surface area (Å²) in [5.41, 5.74) is 0.409. The average molecular weight is 478 g/mol. The molecule has 3 N–H and O–H groups in total. The monoisotopic (exact) mass is 476 g/mol. The lowest BCUT2D eigenvalue weighted by atomic mass is 10.2. The summed E-state index contributed by atoms with van der Waals surface area (Å²) in [6.07, 6.45) is 1.36. The highest BCUT2D eigenvalue weighted by molar-refractivity contribution is 9.11. The van der Waals surface area contributed by atoms with E-state index in [1.165, 1.54) is 6.08 Å². The van der Waals surface area contributed by atoms with Crippen molar-refractivity contribution >= 4 is 61.8 Å². The minimum atomic E-state index is -1.31. The molecule has 0 aromatic heterocycles. The van der Waals surface area contributed by atoms with Gasteiger partial charge in [-0.15, -0.1) is 0 Å². The van der Waals surface area contributed by atoms with Crippen LogP contribution in [0.3, 0.4) is 0 Å². The van der Waals surface area contributed by atoms with Crippen LogP contribution in [0.4, 0.5) is 4.79 Å². The van der Waals surface area contributed by atoms with Crippen LogP contribution in [-0.4, -0.2) is 52.1 Å². The molecule has 0 bridgehead atoms. The van der Waals surface area contributed by atoms with Gasteiger partial charge in [0.15, 0.2) is 6.61 Å². The number of aliphatic carboxylic acids is 2. The topological polar surface area (TPSA) is 133 Å². The Hall–Kier alpha value is -2.40. The van der Waals surface area contributed by atoms with E-state index in [2.05, 4.69) is 37.2 Å². The molecule has 0 aliphatic carbocycles. The predicted octanol–water partition coefficient (Wildman–Crippen LogP) is 1.65. The minimum Gasteiger partial charge on any atom is -0.480 e. The van der Waals surface area contributed by atoms with Gasteiger partial charge in [0.05, 0.1) is 8.95 Å². The molecule has 1 heterocycles. The summed E-state index contributed by atoms with van der Waals surface area (Å²) < 4.78 is 5.98. The highest BCUT2D eigenvalue weighted by atomic mass is 79.9. The van der Waals surface area contributed by atoms with Crippen LogP contribution in [0.25, 0.3) is 6.08 Å². The van der Waals surface area contributed by atoms with E-state index < -0.39 is 37.0 Å². The molecule has 3 amide bonds. The normalized spacial score (nSPS) is 15.4. The fourth-order valence-electron chi connectivity index (χ4n) is 1.95. The first-order chi connectivity index (χ1) is 11.7. The standard InChI is InChI=1S/C14H10Br2N2O7/c15-7-1-6(2-8(16)12(7)25-5-11(21)22)3-9-13(23)18(4-10(19)20)14(24)17-9/h1-3H,4-5H2,(H,17,24)(H,19,20)(H,21,22)/b9-3+. The lowest BCUT2D eigenvalue weighted by Crippen LogP contribution is -2.35. The van der Waals surface area contributed by atoms with Gasteiger partial charge < -0.3 is 20.3 Å². The van der Waals surface area contributed by atoms with E-state index >= 15 is 0 Å². The van der Waals surface area contributed by atoms with Crippen LogP contribution in [0.15, 0.2) is 26.8 Å². The number of hydrogen-bond donors (Lipinski definition) is 3. The Morgan fingerprint density at radius 1 is 1.16 bits per heavy atom. The summed E-state index contributed by atoms with van der Waals surface area (Å²) >= 11 is 6.46. The summed E-state index contributed by atoms with van der Waals surface area (Å²) in [7, 11) is 0. The number of hydrogen-bond acceptors (Lipinski definition) is 5. The average Bonchev–Trinajstić information content (AvgIpc) is 2.73. The third-order valence-corrected chi connectivity index (χ3v) is 4.11. The van der Waals surface area contributed by atoms with Crippen LogP contribution < -0.4 is 10.1 Å². The maximum atomic E-state index is 12.1. The second-order valence-electron chi connectivity index (χ2n) is 4.77. The Labute approximate surface area is 157 Å². The molecule has 0 radical (unpaired) electrons. The summed E-state index contributed by atoms with van der Waals surface area (Å²) in [6, 6.07) is 2.28. The lowest BCUT2D eigenvalue weighted by molar-refractivity contribution is -0.140. The van der Waals surface area contributed by atoms with E-state index in [4.69, 9.17) is 14.9 Å². The molecule has 1 aromatic rings. The smallest absolute Gasteiger partial charge is 0.341 e. The van der Waals surface area contributed by atoms with Crippen molar-refractivity contribution in [3.8, 4) is 5.75 Å². The van der Waals surface area contributed by atoms with Crippen molar-refractivity contribution in [2.24, 2.45) is 0 Å². The summed E-state index contributed by atoms with van der Waals surface area (Å²) in [5, 5.41) is 19.7. The molecule has 11 heteroatoms. The first-order valence-electron chi connectivity index (χ1n) is 6.59. The number of benzene rings is 1. The van der Waals surface area contributed by atoms with Crippen molar-refractivity contribution in [1.82, 2.24) is 10.2 Å². The van der Waals surface area contributed by atoms with E-state index in [1.54, 1.807) is 12.1 Å². The highest BCUT2D eigenvalue weighted by Crippen LogP contribution is 2.35. The number of nitrogens with zero attached hydrogens (tertiary/aromatic N) is 1. The Morgan fingerprint density at radius 3 is 2.28 bits per heavy atom. The van der Waals surface area contributed by atoms with Gasteiger partial charge >= 0.3 is 18.0 Å². The van der Waals surface area contributed by atoms with Gasteiger partial charge in [-0.1, -0.05) is 0 Å². The molecular weight excluding hydrogens is 468 g/mol. The van der Waals surface area contributed by atoms with Gasteiger partial charge in [0.1, 0.15) is 18.0 Å². The number of nitrogens with one attached hydrogen (secondary N) is 1. The van der Waals surface area contributed by atoms with Crippen LogP contribution in [0.5, 0.6) is 5.75 Å². The zero-order valence-corrected chi connectivity index (χ0v) is 15.5. The highest BCUT2D eigenvalue weighted by Gasteiger charge is 2.34. The molecule has 9 nitrogen and oxygen atoms in total. The molecule has 1 aromatic carbocycles. The number of carboxylic acids is 2. The van der Waals surface area contributed by atoms with Gasteiger partial charge in [0, 0.05) is 0 Å². The summed E-state index contributed by atoms with van der Waals surface area (Å²) in [6.45, 7) is -1.27. The third kappa shape index (κ3) is 4.57. The number of carboxylic acid groups (broad SMARTS) is 2. The molecule has 1 aliphatic rings. The van der Waals surface area contributed by atoms with Gasteiger partial charge in [-0.2, -0.15) is 0 Å². The molecule has 132 valence electrons. The fraction of sp³-hybridized carbons (Fsp3) is 0.143. The third-order valence-electron chi connectivity index (χ3n) is 2.93. The zero-order valence-electron chi connectivity index (χ0n) is 12.3. The molecule has 1 aliphatic heterocycles. The van der Waals surface area contributed by atoms with Crippen molar-refractivity contribution < 1.29 is 34.1 Å². The maximum Gasteiger partial charge on any atom is 0.341 e. The van der Waals surface area contributed by atoms with Crippen molar-refractivity contribution in [2.45, 2.75) is 0 Å². The van der Waals surface area contributed by atoms with Crippen LogP contribution in [0.2, 0.25) is 0 Å². The molecule has 1 saturated heterocycles. The Bertz CT molecular complexity index is 783. The number of amides is 3. The Balaban J connectivity index is 2.26. The lowest BCUT2D eigenvalue weighted by Gasteiger charge is -2.10.